The van der Waals surface area contributed by atoms with Crippen molar-refractivity contribution in [3.63, 3.8) is 0 Å². The molecule has 0 atom stereocenters. The Bertz CT molecular complexity index is 733. The van der Waals surface area contributed by atoms with E-state index in [0.717, 1.165) is 41.8 Å². The summed E-state index contributed by atoms with van der Waals surface area (Å²) in [5.74, 6) is 1.11. The van der Waals surface area contributed by atoms with E-state index in [1.807, 2.05) is 18.2 Å². The molecule has 3 rings (SSSR count). The van der Waals surface area contributed by atoms with Crippen LogP contribution in [0, 0.1) is 0 Å². The summed E-state index contributed by atoms with van der Waals surface area (Å²) in [5.41, 5.74) is 3.27. The minimum absolute atomic E-state index is 0.702. The standard InChI is InChI=1S/C16H16ClN3/c1-2-5-16-19-14-6-3-4-7-15(14)20(16)11-12-8-9-18-10-13(12)17/h3-4,6-10H,2,5,11H2,1H3. The fraction of sp³-hybridized carbons (Fsp3) is 0.250. The van der Waals surface area contributed by atoms with Crippen LogP contribution in [0.2, 0.25) is 5.02 Å². The van der Waals surface area contributed by atoms with E-state index in [2.05, 4.69) is 28.6 Å². The summed E-state index contributed by atoms with van der Waals surface area (Å²) in [4.78, 5) is 8.77. The lowest BCUT2D eigenvalue weighted by Crippen LogP contribution is -2.05. The average molecular weight is 286 g/mol. The maximum atomic E-state index is 6.23. The van der Waals surface area contributed by atoms with Crippen LogP contribution < -0.4 is 0 Å². The van der Waals surface area contributed by atoms with Crippen molar-refractivity contribution in [2.45, 2.75) is 26.3 Å². The lowest BCUT2D eigenvalue weighted by atomic mass is 10.2. The van der Waals surface area contributed by atoms with E-state index in [1.54, 1.807) is 12.4 Å². The van der Waals surface area contributed by atoms with Gasteiger partial charge in [0.25, 0.3) is 0 Å². The van der Waals surface area contributed by atoms with Gasteiger partial charge in [0, 0.05) is 18.8 Å². The van der Waals surface area contributed by atoms with Crippen LogP contribution in [0.4, 0.5) is 0 Å². The van der Waals surface area contributed by atoms with Crippen molar-refractivity contribution in [1.82, 2.24) is 14.5 Å². The van der Waals surface area contributed by atoms with Gasteiger partial charge in [-0.3, -0.25) is 4.98 Å². The number of halogens is 1. The SMILES string of the molecule is CCCc1nc2ccccc2n1Cc1ccncc1Cl. The van der Waals surface area contributed by atoms with Crippen molar-refractivity contribution in [1.29, 1.82) is 0 Å². The summed E-state index contributed by atoms with van der Waals surface area (Å²) in [6, 6.07) is 10.2. The Hall–Kier alpha value is -1.87. The Balaban J connectivity index is 2.09. The minimum atomic E-state index is 0.702. The van der Waals surface area contributed by atoms with Crippen LogP contribution >= 0.6 is 11.6 Å². The second-order valence-corrected chi connectivity index (χ2v) is 5.23. The van der Waals surface area contributed by atoms with Crippen LogP contribution in [0.5, 0.6) is 0 Å². The molecule has 0 spiro atoms. The Morgan fingerprint density at radius 3 is 2.85 bits per heavy atom. The number of para-hydroxylation sites is 2. The van der Waals surface area contributed by atoms with Crippen LogP contribution in [0.1, 0.15) is 24.7 Å². The maximum Gasteiger partial charge on any atom is 0.110 e. The van der Waals surface area contributed by atoms with Gasteiger partial charge in [-0.1, -0.05) is 30.7 Å². The molecule has 102 valence electrons. The number of nitrogens with zero attached hydrogens (tertiary/aromatic N) is 3. The third-order valence-corrected chi connectivity index (χ3v) is 3.73. The average Bonchev–Trinajstić information content (AvgIpc) is 2.80. The number of hydrogen-bond donors (Lipinski definition) is 0. The molecule has 0 aliphatic heterocycles. The molecular weight excluding hydrogens is 270 g/mol. The van der Waals surface area contributed by atoms with Gasteiger partial charge in [-0.05, 0) is 30.2 Å². The number of aromatic nitrogens is 3. The van der Waals surface area contributed by atoms with E-state index < -0.39 is 0 Å². The second-order valence-electron chi connectivity index (χ2n) is 4.82. The molecular formula is C16H16ClN3. The Morgan fingerprint density at radius 2 is 2.05 bits per heavy atom. The number of pyridine rings is 1. The van der Waals surface area contributed by atoms with Crippen molar-refractivity contribution >= 4 is 22.6 Å². The van der Waals surface area contributed by atoms with Gasteiger partial charge >= 0.3 is 0 Å². The number of aryl methyl sites for hydroxylation is 1. The zero-order valence-corrected chi connectivity index (χ0v) is 12.1. The first-order chi connectivity index (χ1) is 9.79. The summed E-state index contributed by atoms with van der Waals surface area (Å²) in [5, 5.41) is 0.702. The fourth-order valence-electron chi connectivity index (χ4n) is 2.42. The van der Waals surface area contributed by atoms with E-state index in [-0.39, 0.29) is 0 Å². The molecule has 0 fully saturated rings. The van der Waals surface area contributed by atoms with Crippen molar-refractivity contribution < 1.29 is 0 Å². The predicted octanol–water partition coefficient (Wildman–Crippen LogP) is 4.09. The Morgan fingerprint density at radius 1 is 1.20 bits per heavy atom. The van der Waals surface area contributed by atoms with E-state index in [4.69, 9.17) is 16.6 Å². The minimum Gasteiger partial charge on any atom is -0.323 e. The molecule has 20 heavy (non-hydrogen) atoms. The number of benzene rings is 1. The molecule has 0 saturated carbocycles. The highest BCUT2D eigenvalue weighted by atomic mass is 35.5. The van der Waals surface area contributed by atoms with Gasteiger partial charge in [0.05, 0.1) is 22.6 Å². The van der Waals surface area contributed by atoms with Crippen LogP contribution in [0.25, 0.3) is 11.0 Å². The van der Waals surface area contributed by atoms with Crippen LogP contribution in [-0.4, -0.2) is 14.5 Å². The van der Waals surface area contributed by atoms with Gasteiger partial charge in [-0.15, -0.1) is 0 Å². The van der Waals surface area contributed by atoms with Crippen molar-refractivity contribution in [3.8, 4) is 0 Å². The number of fused-ring (bicyclic) bond motifs is 1. The Labute approximate surface area is 123 Å². The topological polar surface area (TPSA) is 30.7 Å². The highest BCUT2D eigenvalue weighted by Gasteiger charge is 2.11. The summed E-state index contributed by atoms with van der Waals surface area (Å²) in [6.07, 6.45) is 5.51. The quantitative estimate of drug-likeness (QED) is 0.723. The van der Waals surface area contributed by atoms with Gasteiger partial charge < -0.3 is 4.57 Å². The molecule has 0 radical (unpaired) electrons. The molecule has 2 aromatic heterocycles. The highest BCUT2D eigenvalue weighted by molar-refractivity contribution is 6.31. The molecule has 0 aliphatic rings. The van der Waals surface area contributed by atoms with Gasteiger partial charge in [0.2, 0.25) is 0 Å². The van der Waals surface area contributed by atoms with Crippen molar-refractivity contribution in [2.24, 2.45) is 0 Å². The molecule has 0 amide bonds. The zero-order valence-electron chi connectivity index (χ0n) is 11.4. The third-order valence-electron chi connectivity index (χ3n) is 3.39. The van der Waals surface area contributed by atoms with Crippen LogP contribution in [-0.2, 0) is 13.0 Å². The monoisotopic (exact) mass is 285 g/mol. The molecule has 1 aromatic carbocycles. The van der Waals surface area contributed by atoms with Gasteiger partial charge in [-0.25, -0.2) is 4.98 Å². The number of hydrogen-bond acceptors (Lipinski definition) is 2. The first kappa shape index (κ1) is 13.1. The highest BCUT2D eigenvalue weighted by Crippen LogP contribution is 2.21. The molecule has 4 heteroatoms. The van der Waals surface area contributed by atoms with Gasteiger partial charge in [0.15, 0.2) is 0 Å². The zero-order chi connectivity index (χ0) is 13.9. The predicted molar refractivity (Wildman–Crippen MR) is 82.1 cm³/mol. The Kier molecular flexibility index (Phi) is 3.70. The maximum absolute atomic E-state index is 6.23. The molecule has 2 heterocycles. The van der Waals surface area contributed by atoms with Crippen LogP contribution in [0.3, 0.4) is 0 Å². The third kappa shape index (κ3) is 2.41. The van der Waals surface area contributed by atoms with E-state index in [9.17, 15) is 0 Å². The van der Waals surface area contributed by atoms with Crippen molar-refractivity contribution in [2.75, 3.05) is 0 Å². The molecule has 0 bridgehead atoms. The normalized spacial score (nSPS) is 11.1. The second kappa shape index (κ2) is 5.63. The molecule has 3 aromatic rings. The van der Waals surface area contributed by atoms with E-state index >= 15 is 0 Å². The van der Waals surface area contributed by atoms with Crippen molar-refractivity contribution in [3.05, 3.63) is 59.1 Å². The molecule has 0 unspecified atom stereocenters. The summed E-state index contributed by atoms with van der Waals surface area (Å²) < 4.78 is 2.25. The summed E-state index contributed by atoms with van der Waals surface area (Å²) in [7, 11) is 0. The molecule has 3 nitrogen and oxygen atoms in total. The summed E-state index contributed by atoms with van der Waals surface area (Å²) in [6.45, 7) is 2.90. The van der Waals surface area contributed by atoms with Crippen LogP contribution in [0.15, 0.2) is 42.7 Å². The molecule has 0 aliphatic carbocycles. The first-order valence-electron chi connectivity index (χ1n) is 6.82. The lowest BCUT2D eigenvalue weighted by molar-refractivity contribution is 0.721. The molecule has 0 N–H and O–H groups in total. The summed E-state index contributed by atoms with van der Waals surface area (Å²) >= 11 is 6.23. The lowest BCUT2D eigenvalue weighted by Gasteiger charge is -2.10. The number of imidazole rings is 1. The molecule has 0 saturated heterocycles. The fourth-order valence-corrected chi connectivity index (χ4v) is 2.60. The number of rotatable bonds is 4. The van der Waals surface area contributed by atoms with E-state index in [0.29, 0.717) is 5.02 Å². The van der Waals surface area contributed by atoms with E-state index in [1.165, 1.54) is 0 Å². The van der Waals surface area contributed by atoms with Gasteiger partial charge in [-0.2, -0.15) is 0 Å². The largest absolute Gasteiger partial charge is 0.323 e. The van der Waals surface area contributed by atoms with Gasteiger partial charge in [0.1, 0.15) is 5.82 Å². The smallest absolute Gasteiger partial charge is 0.110 e. The first-order valence-corrected chi connectivity index (χ1v) is 7.20.